The van der Waals surface area contributed by atoms with Gasteiger partial charge in [0.25, 0.3) is 0 Å². The number of thioether (sulfide) groups is 1. The third-order valence-electron chi connectivity index (χ3n) is 5.76. The maximum atomic E-state index is 12.6. The molecular formula is C24H24N4O2S2. The Hall–Kier alpha value is -2.55. The Morgan fingerprint density at radius 3 is 2.84 bits per heavy atom. The van der Waals surface area contributed by atoms with E-state index in [0.29, 0.717) is 6.61 Å². The van der Waals surface area contributed by atoms with E-state index in [4.69, 9.17) is 9.72 Å². The Kier molecular flexibility index (Phi) is 5.39. The first-order valence-electron chi connectivity index (χ1n) is 10.5. The largest absolute Gasteiger partial charge is 0.370 e. The molecule has 1 amide bonds. The monoisotopic (exact) mass is 464 g/mol. The van der Waals surface area contributed by atoms with Crippen molar-refractivity contribution in [2.45, 2.75) is 51.3 Å². The van der Waals surface area contributed by atoms with Crippen LogP contribution in [-0.2, 0) is 22.6 Å². The molecule has 0 bridgehead atoms. The molecular weight excluding hydrogens is 440 g/mol. The van der Waals surface area contributed by atoms with Gasteiger partial charge in [-0.05, 0) is 44.9 Å². The highest BCUT2D eigenvalue weighted by Gasteiger charge is 2.31. The second-order valence-corrected chi connectivity index (χ2v) is 10.6. The highest BCUT2D eigenvalue weighted by atomic mass is 32.2. The van der Waals surface area contributed by atoms with Crippen molar-refractivity contribution in [3.05, 3.63) is 53.0 Å². The molecule has 1 aliphatic rings. The molecule has 6 nitrogen and oxygen atoms in total. The number of carbonyl (C=O) groups is 1. The van der Waals surface area contributed by atoms with Crippen LogP contribution in [0, 0.1) is 13.8 Å². The van der Waals surface area contributed by atoms with Crippen molar-refractivity contribution in [1.82, 2.24) is 15.0 Å². The van der Waals surface area contributed by atoms with Crippen molar-refractivity contribution >= 4 is 55.1 Å². The molecule has 8 heteroatoms. The van der Waals surface area contributed by atoms with Crippen LogP contribution >= 0.6 is 23.1 Å². The second kappa shape index (κ2) is 8.10. The van der Waals surface area contributed by atoms with Crippen LogP contribution in [0.25, 0.3) is 20.4 Å². The van der Waals surface area contributed by atoms with Gasteiger partial charge in [-0.3, -0.25) is 4.79 Å². The third-order valence-corrected chi connectivity index (χ3v) is 7.96. The number of amides is 1. The van der Waals surface area contributed by atoms with E-state index in [2.05, 4.69) is 29.1 Å². The molecule has 0 spiro atoms. The van der Waals surface area contributed by atoms with Crippen molar-refractivity contribution in [3.8, 4) is 0 Å². The third kappa shape index (κ3) is 3.87. The molecule has 164 valence electrons. The van der Waals surface area contributed by atoms with E-state index in [-0.39, 0.29) is 17.3 Å². The van der Waals surface area contributed by atoms with E-state index in [1.54, 1.807) is 17.7 Å². The van der Waals surface area contributed by atoms with Gasteiger partial charge in [-0.25, -0.2) is 15.0 Å². The molecule has 0 fully saturated rings. The molecule has 0 unspecified atom stereocenters. The van der Waals surface area contributed by atoms with E-state index in [1.807, 2.05) is 38.1 Å². The fraction of sp³-hybridized carbons (Fsp3) is 0.333. The summed E-state index contributed by atoms with van der Waals surface area (Å²) in [6.45, 7) is 8.84. The number of ether oxygens (including phenoxy) is 1. The number of nitrogens with one attached hydrogen (secondary N) is 1. The van der Waals surface area contributed by atoms with Crippen LogP contribution in [0.2, 0.25) is 0 Å². The summed E-state index contributed by atoms with van der Waals surface area (Å²) in [5.74, 6) is 0.225. The van der Waals surface area contributed by atoms with Crippen molar-refractivity contribution in [1.29, 1.82) is 0 Å². The van der Waals surface area contributed by atoms with Crippen molar-refractivity contribution in [2.24, 2.45) is 0 Å². The normalized spacial score (nSPS) is 15.1. The lowest BCUT2D eigenvalue weighted by molar-refractivity contribution is -0.113. The number of aryl methyl sites for hydroxylation is 2. The molecule has 4 heterocycles. The van der Waals surface area contributed by atoms with Gasteiger partial charge in [0.15, 0.2) is 0 Å². The quantitative estimate of drug-likeness (QED) is 0.320. The molecule has 0 aliphatic carbocycles. The number of hydrogen-bond donors (Lipinski definition) is 1. The summed E-state index contributed by atoms with van der Waals surface area (Å²) < 4.78 is 7.02. The Labute approximate surface area is 194 Å². The van der Waals surface area contributed by atoms with Gasteiger partial charge in [-0.15, -0.1) is 11.3 Å². The molecule has 0 saturated heterocycles. The zero-order valence-electron chi connectivity index (χ0n) is 18.5. The SMILES string of the molecule is Cc1ccccc1NC(=O)CSc1ncnc2c1sc1nc(C)c3c(c12)CC(C)(C)OC3. The molecule has 3 aromatic heterocycles. The first kappa shape index (κ1) is 21.3. The van der Waals surface area contributed by atoms with E-state index >= 15 is 0 Å². The number of para-hydroxylation sites is 1. The summed E-state index contributed by atoms with van der Waals surface area (Å²) in [5.41, 5.74) is 6.03. The van der Waals surface area contributed by atoms with Crippen LogP contribution < -0.4 is 5.32 Å². The molecule has 0 atom stereocenters. The summed E-state index contributed by atoms with van der Waals surface area (Å²) >= 11 is 3.04. The van der Waals surface area contributed by atoms with Crippen LogP contribution in [0.5, 0.6) is 0 Å². The first-order valence-corrected chi connectivity index (χ1v) is 12.3. The van der Waals surface area contributed by atoms with E-state index in [1.165, 1.54) is 22.9 Å². The highest BCUT2D eigenvalue weighted by Crippen LogP contribution is 2.42. The predicted molar refractivity (Wildman–Crippen MR) is 131 cm³/mol. The number of hydrogen-bond acceptors (Lipinski definition) is 7. The average Bonchev–Trinajstić information content (AvgIpc) is 3.12. The van der Waals surface area contributed by atoms with Crippen LogP contribution in [0.15, 0.2) is 35.6 Å². The lowest BCUT2D eigenvalue weighted by Crippen LogP contribution is -2.32. The fourth-order valence-corrected chi connectivity index (χ4v) is 6.16. The number of fused-ring (bicyclic) bond motifs is 5. The van der Waals surface area contributed by atoms with Crippen molar-refractivity contribution in [2.75, 3.05) is 11.1 Å². The lowest BCUT2D eigenvalue weighted by atomic mass is 9.89. The molecule has 0 saturated carbocycles. The number of nitrogens with zero attached hydrogens (tertiary/aromatic N) is 3. The zero-order valence-corrected chi connectivity index (χ0v) is 20.1. The minimum absolute atomic E-state index is 0.0533. The molecule has 32 heavy (non-hydrogen) atoms. The fourth-order valence-electron chi connectivity index (χ4n) is 4.08. The lowest BCUT2D eigenvalue weighted by Gasteiger charge is -2.32. The summed E-state index contributed by atoms with van der Waals surface area (Å²) in [5, 5.41) is 4.91. The van der Waals surface area contributed by atoms with Crippen LogP contribution in [0.4, 0.5) is 5.69 Å². The Balaban J connectivity index is 1.48. The first-order chi connectivity index (χ1) is 15.3. The molecule has 0 radical (unpaired) electrons. The van der Waals surface area contributed by atoms with E-state index in [0.717, 1.165) is 48.8 Å². The highest BCUT2D eigenvalue weighted by molar-refractivity contribution is 8.00. The van der Waals surface area contributed by atoms with E-state index in [9.17, 15) is 4.79 Å². The van der Waals surface area contributed by atoms with Crippen molar-refractivity contribution in [3.63, 3.8) is 0 Å². The Morgan fingerprint density at radius 2 is 2.03 bits per heavy atom. The number of benzene rings is 1. The second-order valence-electron chi connectivity index (χ2n) is 8.67. The van der Waals surface area contributed by atoms with Gasteiger partial charge in [0.2, 0.25) is 5.91 Å². The van der Waals surface area contributed by atoms with Crippen LogP contribution in [0.1, 0.15) is 36.2 Å². The number of aromatic nitrogens is 3. The number of anilines is 1. The van der Waals surface area contributed by atoms with E-state index < -0.39 is 0 Å². The van der Waals surface area contributed by atoms with Gasteiger partial charge in [-0.1, -0.05) is 30.0 Å². The average molecular weight is 465 g/mol. The number of pyridine rings is 1. The smallest absolute Gasteiger partial charge is 0.234 e. The van der Waals surface area contributed by atoms with Crippen LogP contribution in [-0.4, -0.2) is 32.2 Å². The molecule has 4 aromatic rings. The minimum Gasteiger partial charge on any atom is -0.370 e. The van der Waals surface area contributed by atoms with Gasteiger partial charge in [0.1, 0.15) is 16.2 Å². The molecule has 1 aliphatic heterocycles. The maximum absolute atomic E-state index is 12.6. The predicted octanol–water partition coefficient (Wildman–Crippen LogP) is 5.44. The number of carbonyl (C=O) groups excluding carboxylic acids is 1. The summed E-state index contributed by atoms with van der Waals surface area (Å²) in [4.78, 5) is 27.5. The Morgan fingerprint density at radius 1 is 1.22 bits per heavy atom. The van der Waals surface area contributed by atoms with Gasteiger partial charge >= 0.3 is 0 Å². The van der Waals surface area contributed by atoms with Crippen LogP contribution in [0.3, 0.4) is 0 Å². The summed E-state index contributed by atoms with van der Waals surface area (Å²) in [6.07, 6.45) is 2.41. The van der Waals surface area contributed by atoms with Gasteiger partial charge in [-0.2, -0.15) is 0 Å². The van der Waals surface area contributed by atoms with Gasteiger partial charge in [0, 0.05) is 28.8 Å². The summed E-state index contributed by atoms with van der Waals surface area (Å²) in [7, 11) is 0. The summed E-state index contributed by atoms with van der Waals surface area (Å²) in [6, 6.07) is 7.77. The maximum Gasteiger partial charge on any atom is 0.234 e. The van der Waals surface area contributed by atoms with Crippen molar-refractivity contribution < 1.29 is 9.53 Å². The topological polar surface area (TPSA) is 77.0 Å². The minimum atomic E-state index is -0.222. The van der Waals surface area contributed by atoms with Gasteiger partial charge in [0.05, 0.1) is 28.2 Å². The number of rotatable bonds is 4. The van der Waals surface area contributed by atoms with Gasteiger partial charge < -0.3 is 10.1 Å². The molecule has 5 rings (SSSR count). The zero-order chi connectivity index (χ0) is 22.5. The Bertz CT molecular complexity index is 1360. The standard InChI is InChI=1S/C24H24N4O2S2/c1-13-7-5-6-8-17(13)28-18(29)11-31-23-21-20(25-12-26-23)19-15-9-24(3,4)30-10-16(15)14(2)27-22(19)32-21/h5-8,12H,9-11H2,1-4H3,(H,28,29). The molecule has 1 aromatic carbocycles. The number of thiophene rings is 1. The molecule has 1 N–H and O–H groups in total.